The quantitative estimate of drug-likeness (QED) is 0.833. The number of nitrogens with one attached hydrogen (secondary N) is 1. The van der Waals surface area contributed by atoms with Crippen LogP contribution in [0.5, 0.6) is 11.5 Å². The first-order valence-corrected chi connectivity index (χ1v) is 7.28. The van der Waals surface area contributed by atoms with Gasteiger partial charge in [0.2, 0.25) is 0 Å². The maximum Gasteiger partial charge on any atom is 0.166 e. The van der Waals surface area contributed by atoms with Crippen LogP contribution in [0.15, 0.2) is 42.5 Å². The van der Waals surface area contributed by atoms with Crippen LogP contribution in [0.3, 0.4) is 0 Å². The van der Waals surface area contributed by atoms with E-state index < -0.39 is 0 Å². The lowest BCUT2D eigenvalue weighted by Gasteiger charge is -2.10. The molecule has 0 unspecified atom stereocenters. The lowest BCUT2D eigenvalue weighted by Crippen LogP contribution is -2.18. The standard InChI is InChI=1S/C18H22FNO/c1-13(2)11-20-12-15-6-9-18(17(19)10-15)21-16-7-4-14(3)5-8-16/h4-10,13,20H,11-12H2,1-3H3. The third-order valence-electron chi connectivity index (χ3n) is 3.13. The lowest BCUT2D eigenvalue weighted by molar-refractivity contribution is 0.441. The van der Waals surface area contributed by atoms with Gasteiger partial charge in [-0.2, -0.15) is 0 Å². The summed E-state index contributed by atoms with van der Waals surface area (Å²) in [7, 11) is 0. The molecule has 112 valence electrons. The van der Waals surface area contributed by atoms with Crippen LogP contribution in [0, 0.1) is 18.7 Å². The minimum Gasteiger partial charge on any atom is -0.454 e. The van der Waals surface area contributed by atoms with Gasteiger partial charge in [-0.3, -0.25) is 0 Å². The number of benzene rings is 2. The molecule has 0 atom stereocenters. The van der Waals surface area contributed by atoms with E-state index in [1.807, 2.05) is 37.3 Å². The number of aryl methyl sites for hydroxylation is 1. The topological polar surface area (TPSA) is 21.3 Å². The van der Waals surface area contributed by atoms with Crippen LogP contribution < -0.4 is 10.1 Å². The summed E-state index contributed by atoms with van der Waals surface area (Å²) < 4.78 is 19.6. The average Bonchev–Trinajstić information content (AvgIpc) is 2.44. The van der Waals surface area contributed by atoms with E-state index in [2.05, 4.69) is 19.2 Å². The third kappa shape index (κ3) is 4.87. The molecule has 0 bridgehead atoms. The second-order valence-corrected chi connectivity index (χ2v) is 5.70. The van der Waals surface area contributed by atoms with Crippen LogP contribution in [0.4, 0.5) is 4.39 Å². The van der Waals surface area contributed by atoms with Gasteiger partial charge < -0.3 is 10.1 Å². The Hall–Kier alpha value is -1.87. The molecule has 3 heteroatoms. The van der Waals surface area contributed by atoms with Crippen LogP contribution in [0.25, 0.3) is 0 Å². The maximum atomic E-state index is 14.0. The summed E-state index contributed by atoms with van der Waals surface area (Å²) in [4.78, 5) is 0. The van der Waals surface area contributed by atoms with Crippen molar-refractivity contribution < 1.29 is 9.13 Å². The fraction of sp³-hybridized carbons (Fsp3) is 0.333. The Balaban J connectivity index is 2.00. The highest BCUT2D eigenvalue weighted by Crippen LogP contribution is 2.25. The highest BCUT2D eigenvalue weighted by Gasteiger charge is 2.06. The molecule has 2 rings (SSSR count). The fourth-order valence-corrected chi connectivity index (χ4v) is 1.98. The SMILES string of the molecule is Cc1ccc(Oc2ccc(CNCC(C)C)cc2F)cc1. The van der Waals surface area contributed by atoms with Crippen LogP contribution in [0.1, 0.15) is 25.0 Å². The van der Waals surface area contributed by atoms with Gasteiger partial charge in [-0.05, 0) is 49.2 Å². The van der Waals surface area contributed by atoms with Crippen molar-refractivity contribution >= 4 is 0 Å². The van der Waals surface area contributed by atoms with Gasteiger partial charge in [0.25, 0.3) is 0 Å². The maximum absolute atomic E-state index is 14.0. The second kappa shape index (κ2) is 7.23. The normalized spacial score (nSPS) is 10.9. The number of rotatable bonds is 6. The Kier molecular flexibility index (Phi) is 5.34. The van der Waals surface area contributed by atoms with Gasteiger partial charge in [0, 0.05) is 6.54 Å². The molecule has 0 saturated heterocycles. The molecule has 1 N–H and O–H groups in total. The first kappa shape index (κ1) is 15.5. The van der Waals surface area contributed by atoms with Crippen molar-refractivity contribution in [2.24, 2.45) is 5.92 Å². The van der Waals surface area contributed by atoms with E-state index in [4.69, 9.17) is 4.74 Å². The van der Waals surface area contributed by atoms with Crippen molar-refractivity contribution in [1.82, 2.24) is 5.32 Å². The third-order valence-corrected chi connectivity index (χ3v) is 3.13. The Morgan fingerprint density at radius 3 is 2.43 bits per heavy atom. The van der Waals surface area contributed by atoms with Gasteiger partial charge >= 0.3 is 0 Å². The lowest BCUT2D eigenvalue weighted by atomic mass is 10.2. The molecule has 0 fully saturated rings. The van der Waals surface area contributed by atoms with E-state index in [1.165, 1.54) is 6.07 Å². The predicted molar refractivity (Wildman–Crippen MR) is 84.2 cm³/mol. The van der Waals surface area contributed by atoms with Crippen molar-refractivity contribution in [3.63, 3.8) is 0 Å². The van der Waals surface area contributed by atoms with Gasteiger partial charge in [-0.1, -0.05) is 37.6 Å². The molecule has 0 aliphatic heterocycles. The van der Waals surface area contributed by atoms with Crippen molar-refractivity contribution in [3.05, 3.63) is 59.4 Å². The highest BCUT2D eigenvalue weighted by molar-refractivity contribution is 5.35. The van der Waals surface area contributed by atoms with E-state index in [-0.39, 0.29) is 11.6 Å². The Labute approximate surface area is 126 Å². The first-order chi connectivity index (χ1) is 10.0. The van der Waals surface area contributed by atoms with Crippen LogP contribution >= 0.6 is 0 Å². The summed E-state index contributed by atoms with van der Waals surface area (Å²) in [6, 6.07) is 12.7. The van der Waals surface area contributed by atoms with Crippen molar-refractivity contribution in [3.8, 4) is 11.5 Å². The van der Waals surface area contributed by atoms with Gasteiger partial charge in [0.1, 0.15) is 5.75 Å². The molecule has 0 heterocycles. The first-order valence-electron chi connectivity index (χ1n) is 7.28. The van der Waals surface area contributed by atoms with E-state index in [1.54, 1.807) is 6.07 Å². The van der Waals surface area contributed by atoms with Crippen LogP contribution in [-0.2, 0) is 6.54 Å². The zero-order chi connectivity index (χ0) is 15.2. The monoisotopic (exact) mass is 287 g/mol. The van der Waals surface area contributed by atoms with E-state index in [9.17, 15) is 4.39 Å². The molecule has 0 aliphatic rings. The minimum absolute atomic E-state index is 0.256. The summed E-state index contributed by atoms with van der Waals surface area (Å²) >= 11 is 0. The average molecular weight is 287 g/mol. The molecule has 0 spiro atoms. The molecular weight excluding hydrogens is 265 g/mol. The van der Waals surface area contributed by atoms with Gasteiger partial charge in [-0.15, -0.1) is 0 Å². The van der Waals surface area contributed by atoms with Gasteiger partial charge in [0.15, 0.2) is 11.6 Å². The second-order valence-electron chi connectivity index (χ2n) is 5.70. The van der Waals surface area contributed by atoms with Crippen molar-refractivity contribution in [2.75, 3.05) is 6.54 Å². The molecule has 0 radical (unpaired) electrons. The molecule has 0 amide bonds. The molecule has 2 aromatic rings. The molecule has 21 heavy (non-hydrogen) atoms. The number of hydrogen-bond acceptors (Lipinski definition) is 2. The molecule has 0 aliphatic carbocycles. The van der Waals surface area contributed by atoms with E-state index in [0.29, 0.717) is 18.2 Å². The molecule has 0 saturated carbocycles. The van der Waals surface area contributed by atoms with E-state index >= 15 is 0 Å². The molecule has 2 nitrogen and oxygen atoms in total. The zero-order valence-electron chi connectivity index (χ0n) is 12.8. The van der Waals surface area contributed by atoms with Crippen LogP contribution in [0.2, 0.25) is 0 Å². The van der Waals surface area contributed by atoms with Crippen molar-refractivity contribution in [2.45, 2.75) is 27.3 Å². The summed E-state index contributed by atoms with van der Waals surface area (Å²) in [5.74, 6) is 1.15. The summed E-state index contributed by atoms with van der Waals surface area (Å²) in [5.41, 5.74) is 2.07. The smallest absolute Gasteiger partial charge is 0.166 e. The highest BCUT2D eigenvalue weighted by atomic mass is 19.1. The number of hydrogen-bond donors (Lipinski definition) is 1. The minimum atomic E-state index is -0.334. The zero-order valence-corrected chi connectivity index (χ0v) is 12.8. The van der Waals surface area contributed by atoms with E-state index in [0.717, 1.165) is 17.7 Å². The Bertz CT molecular complexity index is 578. The van der Waals surface area contributed by atoms with Crippen LogP contribution in [-0.4, -0.2) is 6.54 Å². The van der Waals surface area contributed by atoms with Gasteiger partial charge in [0.05, 0.1) is 0 Å². The predicted octanol–water partition coefficient (Wildman–Crippen LogP) is 4.67. The number of ether oxygens (including phenoxy) is 1. The fourth-order valence-electron chi connectivity index (χ4n) is 1.98. The number of halogens is 1. The summed E-state index contributed by atoms with van der Waals surface area (Å²) in [6.07, 6.45) is 0. The summed E-state index contributed by atoms with van der Waals surface area (Å²) in [5, 5.41) is 3.30. The molecular formula is C18H22FNO. The molecule has 2 aromatic carbocycles. The summed E-state index contributed by atoms with van der Waals surface area (Å²) in [6.45, 7) is 7.88. The Morgan fingerprint density at radius 2 is 1.81 bits per heavy atom. The van der Waals surface area contributed by atoms with Crippen molar-refractivity contribution in [1.29, 1.82) is 0 Å². The molecule has 0 aromatic heterocycles. The Morgan fingerprint density at radius 1 is 1.10 bits per heavy atom. The largest absolute Gasteiger partial charge is 0.454 e. The van der Waals surface area contributed by atoms with Gasteiger partial charge in [-0.25, -0.2) is 4.39 Å².